The molecule has 0 unspecified atom stereocenters. The third kappa shape index (κ3) is 3.36. The summed E-state index contributed by atoms with van der Waals surface area (Å²) in [6.07, 6.45) is 8.60. The molecule has 31 heavy (non-hydrogen) atoms. The van der Waals surface area contributed by atoms with Crippen molar-refractivity contribution in [2.45, 2.75) is 56.8 Å². The second-order valence-corrected chi connectivity index (χ2v) is 9.94. The predicted molar refractivity (Wildman–Crippen MR) is 118 cm³/mol. The molecular weight excluding hydrogens is 390 g/mol. The normalized spacial score (nSPS) is 28.8. The number of aromatic nitrogens is 4. The van der Waals surface area contributed by atoms with Crippen LogP contribution >= 0.6 is 0 Å². The van der Waals surface area contributed by atoms with Crippen LogP contribution in [0.3, 0.4) is 0 Å². The van der Waals surface area contributed by atoms with Crippen molar-refractivity contribution in [1.29, 1.82) is 0 Å². The summed E-state index contributed by atoms with van der Waals surface area (Å²) in [4.78, 5) is 31.9. The third-order valence-corrected chi connectivity index (χ3v) is 7.71. The quantitative estimate of drug-likeness (QED) is 0.589. The zero-order valence-corrected chi connectivity index (χ0v) is 17.5. The van der Waals surface area contributed by atoms with Gasteiger partial charge in [-0.25, -0.2) is 4.98 Å². The van der Waals surface area contributed by atoms with Crippen LogP contribution in [-0.2, 0) is 16.6 Å². The lowest BCUT2D eigenvalue weighted by atomic mass is 9.49. The number of rotatable bonds is 5. The van der Waals surface area contributed by atoms with Gasteiger partial charge in [-0.15, -0.1) is 0 Å². The zero-order chi connectivity index (χ0) is 21.0. The molecule has 1 amide bonds. The van der Waals surface area contributed by atoms with Gasteiger partial charge in [0, 0.05) is 30.0 Å². The molecule has 0 spiro atoms. The van der Waals surface area contributed by atoms with Crippen molar-refractivity contribution in [2.24, 2.45) is 17.8 Å². The van der Waals surface area contributed by atoms with E-state index in [1.54, 1.807) is 6.07 Å². The van der Waals surface area contributed by atoms with Crippen molar-refractivity contribution in [3.8, 4) is 0 Å². The number of aromatic amines is 2. The number of para-hydroxylation sites is 1. The van der Waals surface area contributed by atoms with Crippen LogP contribution in [0.2, 0.25) is 0 Å². The van der Waals surface area contributed by atoms with Gasteiger partial charge in [0.15, 0.2) is 5.82 Å². The highest BCUT2D eigenvalue weighted by molar-refractivity contribution is 5.89. The number of aryl methyl sites for hydroxylation is 1. The smallest absolute Gasteiger partial charge is 0.258 e. The third-order valence-electron chi connectivity index (χ3n) is 7.71. The standard InChI is InChI=1S/C24H27N5O2/c30-22(6-5-20-25-18-4-2-1-3-17(18)23(31)27-20)26-21-10-19(28-29-21)24-11-14-7-15(12-24)9-16(8-14)13-24/h1-4,10,14-16H,5-9,11-13H2,(H,25,27,31)(H2,26,28,29,30). The summed E-state index contributed by atoms with van der Waals surface area (Å²) in [6.45, 7) is 0. The Morgan fingerprint density at radius 1 is 1.10 bits per heavy atom. The highest BCUT2D eigenvalue weighted by Crippen LogP contribution is 2.60. The van der Waals surface area contributed by atoms with Gasteiger partial charge in [-0.1, -0.05) is 12.1 Å². The first-order valence-corrected chi connectivity index (χ1v) is 11.4. The lowest BCUT2D eigenvalue weighted by Gasteiger charge is -2.56. The number of nitrogens with zero attached hydrogens (tertiary/aromatic N) is 2. The summed E-state index contributed by atoms with van der Waals surface area (Å²) >= 11 is 0. The molecule has 7 rings (SSSR count). The number of hydrogen-bond acceptors (Lipinski definition) is 4. The van der Waals surface area contributed by atoms with Gasteiger partial charge in [0.2, 0.25) is 5.91 Å². The molecule has 3 aromatic rings. The molecule has 160 valence electrons. The maximum Gasteiger partial charge on any atom is 0.258 e. The summed E-state index contributed by atoms with van der Waals surface area (Å²) in [5.74, 6) is 3.59. The number of benzene rings is 1. The molecule has 4 bridgehead atoms. The lowest BCUT2D eigenvalue weighted by Crippen LogP contribution is -2.48. The Hall–Kier alpha value is -2.96. The second kappa shape index (κ2) is 7.04. The SMILES string of the molecule is O=C(CCc1nc2ccccc2c(=O)[nH]1)Nc1cc(C23CC4CC(CC(C4)C2)C3)[nH]n1. The summed E-state index contributed by atoms with van der Waals surface area (Å²) in [6, 6.07) is 9.26. The van der Waals surface area contributed by atoms with Crippen molar-refractivity contribution in [3.63, 3.8) is 0 Å². The van der Waals surface area contributed by atoms with Crippen LogP contribution in [0.5, 0.6) is 0 Å². The van der Waals surface area contributed by atoms with Gasteiger partial charge in [0.05, 0.1) is 10.9 Å². The van der Waals surface area contributed by atoms with Crippen LogP contribution in [0.15, 0.2) is 35.1 Å². The molecule has 0 aliphatic heterocycles. The van der Waals surface area contributed by atoms with E-state index >= 15 is 0 Å². The number of anilines is 1. The number of hydrogen-bond donors (Lipinski definition) is 3. The molecule has 4 saturated carbocycles. The van der Waals surface area contributed by atoms with E-state index in [2.05, 4.69) is 25.5 Å². The molecule has 0 atom stereocenters. The van der Waals surface area contributed by atoms with E-state index in [0.29, 0.717) is 29.0 Å². The van der Waals surface area contributed by atoms with Gasteiger partial charge in [-0.05, 0) is 68.4 Å². The van der Waals surface area contributed by atoms with E-state index in [-0.39, 0.29) is 23.3 Å². The Morgan fingerprint density at radius 2 is 1.81 bits per heavy atom. The van der Waals surface area contributed by atoms with Gasteiger partial charge < -0.3 is 10.3 Å². The number of carbonyl (C=O) groups excluding carboxylic acids is 1. The Bertz CT molecular complexity index is 1170. The topological polar surface area (TPSA) is 104 Å². The fourth-order valence-corrected chi connectivity index (χ4v) is 6.79. The fourth-order valence-electron chi connectivity index (χ4n) is 6.79. The van der Waals surface area contributed by atoms with Crippen LogP contribution in [-0.4, -0.2) is 26.1 Å². The van der Waals surface area contributed by atoms with E-state index < -0.39 is 0 Å². The highest BCUT2D eigenvalue weighted by atomic mass is 16.1. The van der Waals surface area contributed by atoms with Crippen LogP contribution < -0.4 is 10.9 Å². The summed E-state index contributed by atoms with van der Waals surface area (Å²) in [5.41, 5.74) is 1.91. The fraction of sp³-hybridized carbons (Fsp3) is 0.500. The van der Waals surface area contributed by atoms with Gasteiger partial charge in [-0.3, -0.25) is 14.7 Å². The Kier molecular flexibility index (Phi) is 4.26. The molecule has 2 heterocycles. The number of fused-ring (bicyclic) bond motifs is 1. The molecule has 0 radical (unpaired) electrons. The molecule has 2 aromatic heterocycles. The van der Waals surface area contributed by atoms with E-state index in [0.717, 1.165) is 17.8 Å². The van der Waals surface area contributed by atoms with Crippen molar-refractivity contribution < 1.29 is 4.79 Å². The maximum absolute atomic E-state index is 12.5. The van der Waals surface area contributed by atoms with Gasteiger partial charge >= 0.3 is 0 Å². The average Bonchev–Trinajstić information content (AvgIpc) is 3.21. The largest absolute Gasteiger partial charge is 0.310 e. The van der Waals surface area contributed by atoms with Crippen LogP contribution in [0.25, 0.3) is 10.9 Å². The molecule has 0 saturated heterocycles. The molecule has 7 heteroatoms. The minimum atomic E-state index is -0.173. The maximum atomic E-state index is 12.5. The van der Waals surface area contributed by atoms with E-state index in [4.69, 9.17) is 0 Å². The minimum absolute atomic E-state index is 0.126. The van der Waals surface area contributed by atoms with Crippen molar-refractivity contribution in [3.05, 3.63) is 52.2 Å². The number of carbonyl (C=O) groups is 1. The monoisotopic (exact) mass is 417 g/mol. The summed E-state index contributed by atoms with van der Waals surface area (Å²) in [7, 11) is 0. The van der Waals surface area contributed by atoms with Crippen LogP contribution in [0.4, 0.5) is 5.82 Å². The molecule has 4 aliphatic carbocycles. The number of nitrogens with one attached hydrogen (secondary N) is 3. The first-order valence-electron chi connectivity index (χ1n) is 11.4. The van der Waals surface area contributed by atoms with Gasteiger partial charge in [0.25, 0.3) is 5.56 Å². The molecule has 1 aromatic carbocycles. The van der Waals surface area contributed by atoms with Crippen molar-refractivity contribution in [2.75, 3.05) is 5.32 Å². The summed E-state index contributed by atoms with van der Waals surface area (Å²) < 4.78 is 0. The molecule has 3 N–H and O–H groups in total. The first-order chi connectivity index (χ1) is 15.1. The summed E-state index contributed by atoms with van der Waals surface area (Å²) in [5, 5.41) is 11.1. The first kappa shape index (κ1) is 18.8. The molecular formula is C24H27N5O2. The van der Waals surface area contributed by atoms with Crippen molar-refractivity contribution in [1.82, 2.24) is 20.2 Å². The van der Waals surface area contributed by atoms with E-state index in [1.807, 2.05) is 24.3 Å². The Balaban J connectivity index is 1.12. The molecule has 4 fully saturated rings. The van der Waals surface area contributed by atoms with Gasteiger partial charge in [-0.2, -0.15) is 5.10 Å². The minimum Gasteiger partial charge on any atom is -0.310 e. The lowest BCUT2D eigenvalue weighted by molar-refractivity contribution is -0.116. The van der Waals surface area contributed by atoms with Crippen LogP contribution in [0.1, 0.15) is 56.5 Å². The van der Waals surface area contributed by atoms with E-state index in [1.165, 1.54) is 44.2 Å². The molecule has 7 nitrogen and oxygen atoms in total. The predicted octanol–water partition coefficient (Wildman–Crippen LogP) is 3.69. The number of H-pyrrole nitrogens is 2. The van der Waals surface area contributed by atoms with Crippen LogP contribution in [0, 0.1) is 17.8 Å². The zero-order valence-electron chi connectivity index (χ0n) is 17.5. The second-order valence-electron chi connectivity index (χ2n) is 9.94. The Labute approximate surface area is 180 Å². The average molecular weight is 418 g/mol. The van der Waals surface area contributed by atoms with E-state index in [9.17, 15) is 9.59 Å². The van der Waals surface area contributed by atoms with Crippen molar-refractivity contribution >= 4 is 22.6 Å². The highest BCUT2D eigenvalue weighted by Gasteiger charge is 2.52. The molecule has 4 aliphatic rings. The van der Waals surface area contributed by atoms with Gasteiger partial charge in [0.1, 0.15) is 5.82 Å². The number of amides is 1. The Morgan fingerprint density at radius 3 is 2.55 bits per heavy atom.